The summed E-state index contributed by atoms with van der Waals surface area (Å²) < 4.78 is 5.45. The molecule has 0 aliphatic carbocycles. The fraction of sp³-hybridized carbons (Fsp3) is 0.179. The molecule has 178 valence electrons. The van der Waals surface area contributed by atoms with Gasteiger partial charge in [0.25, 0.3) is 11.8 Å². The van der Waals surface area contributed by atoms with Crippen LogP contribution in [0.4, 0.5) is 11.4 Å². The highest BCUT2D eigenvalue weighted by atomic mass is 35.5. The van der Waals surface area contributed by atoms with Gasteiger partial charge in [-0.2, -0.15) is 0 Å². The van der Waals surface area contributed by atoms with E-state index in [4.69, 9.17) is 16.3 Å². The van der Waals surface area contributed by atoms with Crippen molar-refractivity contribution < 1.29 is 19.1 Å². The molecule has 0 spiro atoms. The number of anilines is 2. The lowest BCUT2D eigenvalue weighted by Gasteiger charge is -2.18. The second kappa shape index (κ2) is 9.76. The van der Waals surface area contributed by atoms with Gasteiger partial charge in [0, 0.05) is 5.69 Å². The van der Waals surface area contributed by atoms with Crippen molar-refractivity contribution in [3.63, 3.8) is 0 Å². The van der Waals surface area contributed by atoms with E-state index >= 15 is 0 Å². The predicted molar refractivity (Wildman–Crippen MR) is 137 cm³/mol. The molecule has 0 bridgehead atoms. The third-order valence-corrected chi connectivity index (χ3v) is 6.13. The van der Waals surface area contributed by atoms with Gasteiger partial charge in [0.1, 0.15) is 16.5 Å². The SMILES string of the molecule is Cc1ccc(C)c(N2C(=O)C(Cl)=C(Nc3ccc(C(=O)Oc4ccc(C(C)C)cc4)cc3)C2=O)c1. The molecule has 4 rings (SSSR count). The summed E-state index contributed by atoms with van der Waals surface area (Å²) in [6.07, 6.45) is 0. The molecule has 0 unspecified atom stereocenters. The smallest absolute Gasteiger partial charge is 0.343 e. The molecule has 0 atom stereocenters. The first-order valence-corrected chi connectivity index (χ1v) is 11.6. The van der Waals surface area contributed by atoms with Crippen molar-refractivity contribution in [1.29, 1.82) is 0 Å². The number of amides is 2. The topological polar surface area (TPSA) is 75.7 Å². The van der Waals surface area contributed by atoms with E-state index in [1.165, 1.54) is 0 Å². The molecule has 0 saturated carbocycles. The molecule has 0 aromatic heterocycles. The van der Waals surface area contributed by atoms with Crippen LogP contribution in [-0.2, 0) is 9.59 Å². The number of carbonyl (C=O) groups is 3. The number of esters is 1. The van der Waals surface area contributed by atoms with E-state index in [-0.39, 0.29) is 10.7 Å². The standard InChI is InChI=1S/C28H25ClN2O4/c1-16(2)19-9-13-22(14-10-19)35-28(34)20-7-11-21(12-8-20)30-25-24(29)26(32)31(27(25)33)23-15-17(3)5-6-18(23)4/h5-16,30H,1-4H3. The van der Waals surface area contributed by atoms with Crippen molar-refractivity contribution in [2.24, 2.45) is 0 Å². The summed E-state index contributed by atoms with van der Waals surface area (Å²) in [6, 6.07) is 19.3. The molecule has 1 N–H and O–H groups in total. The predicted octanol–water partition coefficient (Wildman–Crippen LogP) is 6.08. The van der Waals surface area contributed by atoms with E-state index in [1.54, 1.807) is 42.5 Å². The maximum atomic E-state index is 13.1. The van der Waals surface area contributed by atoms with E-state index in [0.717, 1.165) is 21.6 Å². The Kier molecular flexibility index (Phi) is 6.76. The summed E-state index contributed by atoms with van der Waals surface area (Å²) in [5.41, 5.74) is 4.18. The van der Waals surface area contributed by atoms with Gasteiger partial charge in [-0.05, 0) is 78.9 Å². The van der Waals surface area contributed by atoms with E-state index in [2.05, 4.69) is 19.2 Å². The Morgan fingerprint density at radius 2 is 1.57 bits per heavy atom. The number of carbonyl (C=O) groups excluding carboxylic acids is 3. The van der Waals surface area contributed by atoms with Crippen molar-refractivity contribution in [2.45, 2.75) is 33.6 Å². The number of rotatable bonds is 6. The maximum Gasteiger partial charge on any atom is 0.343 e. The summed E-state index contributed by atoms with van der Waals surface area (Å²) in [4.78, 5) is 39.4. The lowest BCUT2D eigenvalue weighted by molar-refractivity contribution is -0.120. The first-order valence-electron chi connectivity index (χ1n) is 11.2. The monoisotopic (exact) mass is 488 g/mol. The summed E-state index contributed by atoms with van der Waals surface area (Å²) in [5.74, 6) is -0.781. The molecule has 35 heavy (non-hydrogen) atoms. The number of nitrogens with zero attached hydrogens (tertiary/aromatic N) is 1. The van der Waals surface area contributed by atoms with Crippen LogP contribution in [0.2, 0.25) is 0 Å². The Hall–Kier alpha value is -3.90. The van der Waals surface area contributed by atoms with Gasteiger partial charge in [-0.3, -0.25) is 9.59 Å². The first kappa shape index (κ1) is 24.2. The van der Waals surface area contributed by atoms with Crippen molar-refractivity contribution in [3.8, 4) is 5.75 Å². The Balaban J connectivity index is 1.47. The average molecular weight is 489 g/mol. The maximum absolute atomic E-state index is 13.1. The summed E-state index contributed by atoms with van der Waals surface area (Å²) in [6.45, 7) is 7.90. The van der Waals surface area contributed by atoms with E-state index in [0.29, 0.717) is 28.6 Å². The van der Waals surface area contributed by atoms with Crippen LogP contribution in [0, 0.1) is 13.8 Å². The average Bonchev–Trinajstić information content (AvgIpc) is 3.04. The highest BCUT2D eigenvalue weighted by Crippen LogP contribution is 2.32. The number of imide groups is 1. The summed E-state index contributed by atoms with van der Waals surface area (Å²) in [5, 5.41) is 2.73. The van der Waals surface area contributed by atoms with Crippen molar-refractivity contribution in [1.82, 2.24) is 0 Å². The summed E-state index contributed by atoms with van der Waals surface area (Å²) >= 11 is 6.24. The highest BCUT2D eigenvalue weighted by molar-refractivity contribution is 6.53. The minimum atomic E-state index is -0.587. The molecule has 7 heteroatoms. The lowest BCUT2D eigenvalue weighted by Crippen LogP contribution is -2.32. The number of benzene rings is 3. The van der Waals surface area contributed by atoms with Crippen LogP contribution in [0.15, 0.2) is 77.5 Å². The molecular weight excluding hydrogens is 464 g/mol. The van der Waals surface area contributed by atoms with Crippen molar-refractivity contribution >= 4 is 40.8 Å². The van der Waals surface area contributed by atoms with Gasteiger partial charge in [0.05, 0.1) is 11.3 Å². The molecule has 6 nitrogen and oxygen atoms in total. The number of halogens is 1. The van der Waals surface area contributed by atoms with Crippen LogP contribution in [0.5, 0.6) is 5.75 Å². The number of hydrogen-bond donors (Lipinski definition) is 1. The third kappa shape index (κ3) is 4.98. The second-order valence-electron chi connectivity index (χ2n) is 8.74. The van der Waals surface area contributed by atoms with Gasteiger partial charge < -0.3 is 10.1 Å². The van der Waals surface area contributed by atoms with Gasteiger partial charge in [0.2, 0.25) is 0 Å². The number of nitrogens with one attached hydrogen (secondary N) is 1. The normalized spacial score (nSPS) is 13.6. The number of hydrogen-bond acceptors (Lipinski definition) is 5. The fourth-order valence-corrected chi connectivity index (χ4v) is 3.92. The van der Waals surface area contributed by atoms with Crippen LogP contribution < -0.4 is 15.0 Å². The third-order valence-electron chi connectivity index (χ3n) is 5.78. The molecule has 3 aromatic rings. The Labute approximate surface area is 209 Å². The zero-order valence-corrected chi connectivity index (χ0v) is 20.6. The zero-order chi connectivity index (χ0) is 25.3. The van der Waals surface area contributed by atoms with Gasteiger partial charge in [-0.25, -0.2) is 9.69 Å². The van der Waals surface area contributed by atoms with Crippen LogP contribution in [0.1, 0.15) is 46.8 Å². The molecule has 2 amide bonds. The van der Waals surface area contributed by atoms with Gasteiger partial charge in [-0.15, -0.1) is 0 Å². The van der Waals surface area contributed by atoms with E-state index in [1.807, 2.05) is 38.1 Å². The molecule has 1 heterocycles. The van der Waals surface area contributed by atoms with Crippen LogP contribution >= 0.6 is 11.6 Å². The van der Waals surface area contributed by atoms with E-state index < -0.39 is 17.8 Å². The molecule has 1 aliphatic rings. The minimum absolute atomic E-state index is 0.0156. The van der Waals surface area contributed by atoms with Crippen molar-refractivity contribution in [3.05, 3.63) is 99.7 Å². The molecule has 0 radical (unpaired) electrons. The number of ether oxygens (including phenoxy) is 1. The van der Waals surface area contributed by atoms with E-state index in [9.17, 15) is 14.4 Å². The van der Waals surface area contributed by atoms with Gasteiger partial charge in [-0.1, -0.05) is 49.7 Å². The largest absolute Gasteiger partial charge is 0.423 e. The quantitative estimate of drug-likeness (QED) is 0.258. The molecule has 3 aromatic carbocycles. The number of aryl methyl sites for hydroxylation is 2. The summed E-state index contributed by atoms with van der Waals surface area (Å²) in [7, 11) is 0. The molecular formula is C28H25ClN2O4. The van der Waals surface area contributed by atoms with Crippen molar-refractivity contribution in [2.75, 3.05) is 10.2 Å². The zero-order valence-electron chi connectivity index (χ0n) is 19.9. The first-order chi connectivity index (χ1) is 16.7. The molecule has 0 saturated heterocycles. The Morgan fingerprint density at radius 1 is 0.914 bits per heavy atom. The van der Waals surface area contributed by atoms with Crippen LogP contribution in [0.3, 0.4) is 0 Å². The highest BCUT2D eigenvalue weighted by Gasteiger charge is 2.39. The molecule has 1 aliphatic heterocycles. The second-order valence-corrected chi connectivity index (χ2v) is 9.12. The minimum Gasteiger partial charge on any atom is -0.423 e. The Bertz CT molecular complexity index is 1340. The fourth-order valence-electron chi connectivity index (χ4n) is 3.71. The van der Waals surface area contributed by atoms with Crippen LogP contribution in [-0.4, -0.2) is 17.8 Å². The van der Waals surface area contributed by atoms with Crippen LogP contribution in [0.25, 0.3) is 0 Å². The van der Waals surface area contributed by atoms with Gasteiger partial charge >= 0.3 is 5.97 Å². The lowest BCUT2D eigenvalue weighted by atomic mass is 10.0. The van der Waals surface area contributed by atoms with Gasteiger partial charge in [0.15, 0.2) is 0 Å². The molecule has 0 fully saturated rings. The Morgan fingerprint density at radius 3 is 2.20 bits per heavy atom.